The van der Waals surface area contributed by atoms with Crippen molar-refractivity contribution in [3.63, 3.8) is 0 Å². The van der Waals surface area contributed by atoms with Gasteiger partial charge in [-0.1, -0.05) is 39.8 Å². The summed E-state index contributed by atoms with van der Waals surface area (Å²) in [4.78, 5) is 82.3. The van der Waals surface area contributed by atoms with Crippen LogP contribution in [0.2, 0.25) is 0 Å². The van der Waals surface area contributed by atoms with E-state index in [2.05, 4.69) is 61.9 Å². The van der Waals surface area contributed by atoms with Gasteiger partial charge < -0.3 is 44.8 Å². The van der Waals surface area contributed by atoms with Crippen molar-refractivity contribution < 1.29 is 28.7 Å². The lowest BCUT2D eigenvalue weighted by Gasteiger charge is -2.31. The number of hydrogen-bond acceptors (Lipinski definition) is 11. The molecule has 1 aliphatic carbocycles. The summed E-state index contributed by atoms with van der Waals surface area (Å²) in [6, 6.07) is 11.3. The summed E-state index contributed by atoms with van der Waals surface area (Å²) in [6.07, 6.45) is 8.28. The Bertz CT molecular complexity index is 2380. The minimum Gasteiger partial charge on any atom is -0.453 e. The van der Waals surface area contributed by atoms with Crippen molar-refractivity contribution in [1.29, 1.82) is 0 Å². The van der Waals surface area contributed by atoms with Crippen LogP contribution in [0.15, 0.2) is 36.4 Å². The van der Waals surface area contributed by atoms with Crippen LogP contribution in [0.4, 0.5) is 14.7 Å². The van der Waals surface area contributed by atoms with Crippen LogP contribution in [0.3, 0.4) is 0 Å². The van der Waals surface area contributed by atoms with Crippen LogP contribution in [-0.2, 0) is 31.9 Å². The molecule has 5 aromatic rings. The lowest BCUT2D eigenvalue weighted by molar-refractivity contribution is -0.136. The number of amides is 4. The van der Waals surface area contributed by atoms with E-state index in [1.807, 2.05) is 48.8 Å². The topological polar surface area (TPSA) is 191 Å². The first-order valence-corrected chi connectivity index (χ1v) is 23.8. The molecule has 0 radical (unpaired) electrons. The van der Waals surface area contributed by atoms with Crippen LogP contribution >= 0.6 is 11.3 Å². The van der Waals surface area contributed by atoms with Gasteiger partial charge in [0.2, 0.25) is 11.8 Å². The fraction of sp³-hybridized carbons (Fsp3) is 0.553. The average molecular weight is 893 g/mol. The Morgan fingerprint density at radius 1 is 0.656 bits per heavy atom. The van der Waals surface area contributed by atoms with Crippen LogP contribution in [-0.4, -0.2) is 98.1 Å². The van der Waals surface area contributed by atoms with Crippen molar-refractivity contribution in [1.82, 2.24) is 45.4 Å². The van der Waals surface area contributed by atoms with Gasteiger partial charge >= 0.3 is 12.2 Å². The van der Waals surface area contributed by atoms with E-state index < -0.39 is 24.3 Å². The third-order valence-electron chi connectivity index (χ3n) is 13.7. The summed E-state index contributed by atoms with van der Waals surface area (Å²) in [7, 11) is 2.61. The number of carbonyl (C=O) groups excluding carboxylic acids is 4. The van der Waals surface area contributed by atoms with E-state index in [1.165, 1.54) is 42.3 Å². The molecule has 9 rings (SSSR count). The number of aryl methyl sites for hydroxylation is 2. The van der Waals surface area contributed by atoms with Gasteiger partial charge in [0.25, 0.3) is 0 Å². The molecular weight excluding hydrogens is 833 g/mol. The van der Waals surface area contributed by atoms with Gasteiger partial charge in [0.1, 0.15) is 23.7 Å². The Balaban J connectivity index is 1.000. The van der Waals surface area contributed by atoms with Crippen molar-refractivity contribution in [3.8, 4) is 0 Å². The largest absolute Gasteiger partial charge is 0.453 e. The van der Waals surface area contributed by atoms with Gasteiger partial charge in [-0.15, -0.1) is 11.3 Å². The molecule has 6 heterocycles. The molecule has 0 saturated carbocycles. The number of anilines is 1. The van der Waals surface area contributed by atoms with Gasteiger partial charge in [-0.3, -0.25) is 9.59 Å². The van der Waals surface area contributed by atoms with E-state index in [9.17, 15) is 19.2 Å². The second-order valence-corrected chi connectivity index (χ2v) is 19.5. The van der Waals surface area contributed by atoms with Crippen LogP contribution < -0.4 is 15.5 Å². The molecule has 4 amide bonds. The fourth-order valence-corrected chi connectivity index (χ4v) is 11.6. The van der Waals surface area contributed by atoms with Gasteiger partial charge in [-0.05, 0) is 111 Å². The van der Waals surface area contributed by atoms with Gasteiger partial charge in [-0.2, -0.15) is 0 Å². The number of rotatable bonds is 11. The Kier molecular flexibility index (Phi) is 12.3. The Labute approximate surface area is 377 Å². The standard InChI is InChI=1S/C47H60N10O6S/c1-25(2)39(53-46(60)62-5)43(58)55-21-9-12-36(55)41-48-29-17-15-27(23-32(29)50-41)34-19-20-35(57(34)45-52-31-11-7-8-14-38(31)64-45)28-16-18-30-33(24-28)51-42(49-30)37-13-10-22-56(37)44(59)40(26(3)4)54-47(61)63-6/h15-18,23-26,34-37,39-40H,7-14,19-22H2,1-6H3,(H,48,50)(H,49,51)(H,53,60)(H,54,61)/t34-,35-,36+,37+,39+,40+/m1/s1. The maximum atomic E-state index is 13.9. The second kappa shape index (κ2) is 18.0. The first-order chi connectivity index (χ1) is 30.9. The minimum absolute atomic E-state index is 0.0569. The van der Waals surface area contributed by atoms with Gasteiger partial charge in [-0.25, -0.2) is 24.5 Å². The molecule has 3 aliphatic heterocycles. The first kappa shape index (κ1) is 43.5. The van der Waals surface area contributed by atoms with Crippen LogP contribution in [0, 0.1) is 11.8 Å². The monoisotopic (exact) mass is 892 g/mol. The number of benzene rings is 2. The lowest BCUT2D eigenvalue weighted by atomic mass is 10.0. The van der Waals surface area contributed by atoms with Gasteiger partial charge in [0.05, 0.1) is 66.1 Å². The number of nitrogens with one attached hydrogen (secondary N) is 4. The molecule has 64 heavy (non-hydrogen) atoms. The molecule has 16 nitrogen and oxygen atoms in total. The number of ether oxygens (including phenoxy) is 2. The number of H-pyrrole nitrogens is 2. The van der Waals surface area contributed by atoms with E-state index in [1.54, 1.807) is 0 Å². The molecule has 4 aliphatic rings. The number of fused-ring (bicyclic) bond motifs is 3. The third kappa shape index (κ3) is 8.27. The number of nitrogens with zero attached hydrogens (tertiary/aromatic N) is 6. The highest BCUT2D eigenvalue weighted by atomic mass is 32.1. The molecule has 0 bridgehead atoms. The number of alkyl carbamates (subject to hydrolysis) is 2. The highest BCUT2D eigenvalue weighted by Gasteiger charge is 2.41. The van der Waals surface area contributed by atoms with E-state index >= 15 is 0 Å². The van der Waals surface area contributed by atoms with Gasteiger partial charge in [0.15, 0.2) is 5.13 Å². The number of thiazole rings is 1. The zero-order chi connectivity index (χ0) is 44.8. The number of aromatic nitrogens is 5. The first-order valence-electron chi connectivity index (χ1n) is 23.0. The molecule has 0 spiro atoms. The molecule has 3 fully saturated rings. The number of aromatic amines is 2. The summed E-state index contributed by atoms with van der Waals surface area (Å²) < 4.78 is 9.66. The molecule has 2 aromatic carbocycles. The Morgan fingerprint density at radius 2 is 1.20 bits per heavy atom. The summed E-state index contributed by atoms with van der Waals surface area (Å²) in [5, 5.41) is 6.54. The average Bonchev–Trinajstić information content (AvgIpc) is 4.15. The number of methoxy groups -OCH3 is 2. The van der Waals surface area contributed by atoms with Gasteiger partial charge in [0, 0.05) is 18.0 Å². The third-order valence-corrected chi connectivity index (χ3v) is 14.9. The Hall–Kier alpha value is -5.71. The van der Waals surface area contributed by atoms with Crippen LogP contribution in [0.5, 0.6) is 0 Å². The molecule has 3 saturated heterocycles. The summed E-state index contributed by atoms with van der Waals surface area (Å²) >= 11 is 1.83. The Morgan fingerprint density at radius 3 is 1.78 bits per heavy atom. The highest BCUT2D eigenvalue weighted by Crippen LogP contribution is 2.50. The predicted molar refractivity (Wildman–Crippen MR) is 244 cm³/mol. The second-order valence-electron chi connectivity index (χ2n) is 18.5. The maximum absolute atomic E-state index is 13.9. The number of imidazole rings is 2. The van der Waals surface area contributed by atoms with E-state index in [0.29, 0.717) is 13.1 Å². The van der Waals surface area contributed by atoms with Crippen LogP contribution in [0.1, 0.15) is 137 Å². The van der Waals surface area contributed by atoms with E-state index in [-0.39, 0.29) is 47.8 Å². The van der Waals surface area contributed by atoms with Crippen molar-refractivity contribution in [2.45, 2.75) is 128 Å². The molecule has 3 aromatic heterocycles. The SMILES string of the molecule is COC(=O)N[C@H](C(=O)N1CCC[C@H]1c1nc2cc([C@H]3CC[C@H](c4ccc5nc([C@@H]6CCCN6C(=O)[C@@H](NC(=O)OC)C(C)C)[nH]c5c4)N3c3nc4c(s3)CCCC4)ccc2[nH]1)C(C)C. The zero-order valence-electron chi connectivity index (χ0n) is 37.6. The molecular formula is C47H60N10O6S. The van der Waals surface area contributed by atoms with E-state index in [4.69, 9.17) is 24.4 Å². The predicted octanol–water partition coefficient (Wildman–Crippen LogP) is 7.95. The summed E-state index contributed by atoms with van der Waals surface area (Å²) in [6.45, 7) is 8.86. The van der Waals surface area contributed by atoms with Crippen molar-refractivity contribution in [2.24, 2.45) is 11.8 Å². The molecule has 340 valence electrons. The smallest absolute Gasteiger partial charge is 0.407 e. The van der Waals surface area contributed by atoms with Crippen LogP contribution in [0.25, 0.3) is 22.1 Å². The molecule has 4 N–H and O–H groups in total. The fourth-order valence-electron chi connectivity index (χ4n) is 10.4. The normalized spacial score (nSPS) is 22.1. The molecule has 6 atom stereocenters. The van der Waals surface area contributed by atoms with Crippen molar-refractivity contribution >= 4 is 62.5 Å². The summed E-state index contributed by atoms with van der Waals surface area (Å²) in [5.41, 5.74) is 7.11. The highest BCUT2D eigenvalue weighted by molar-refractivity contribution is 7.15. The summed E-state index contributed by atoms with van der Waals surface area (Å²) in [5.74, 6) is 1.01. The lowest BCUT2D eigenvalue weighted by Crippen LogP contribution is -2.51. The molecule has 0 unspecified atom stereocenters. The molecule has 17 heteroatoms. The van der Waals surface area contributed by atoms with E-state index in [0.717, 1.165) is 96.6 Å². The maximum Gasteiger partial charge on any atom is 0.407 e. The minimum atomic E-state index is -0.702. The van der Waals surface area contributed by atoms with Crippen molar-refractivity contribution in [2.75, 3.05) is 32.2 Å². The number of likely N-dealkylation sites (tertiary alicyclic amines) is 2. The quantitative estimate of drug-likeness (QED) is 0.101. The number of carbonyl (C=O) groups is 4. The number of hydrogen-bond donors (Lipinski definition) is 4. The zero-order valence-corrected chi connectivity index (χ0v) is 38.4. The van der Waals surface area contributed by atoms with Crippen molar-refractivity contribution in [3.05, 3.63) is 69.7 Å².